The van der Waals surface area contributed by atoms with Crippen LogP contribution in [0, 0.1) is 17.5 Å². The van der Waals surface area contributed by atoms with Gasteiger partial charge in [-0.2, -0.15) is 0 Å². The maximum absolute atomic E-state index is 14.7. The van der Waals surface area contributed by atoms with Crippen molar-refractivity contribution in [2.45, 2.75) is 17.9 Å². The lowest BCUT2D eigenvalue weighted by atomic mass is 10.0. The van der Waals surface area contributed by atoms with E-state index < -0.39 is 32.4 Å². The summed E-state index contributed by atoms with van der Waals surface area (Å²) in [5.41, 5.74) is 0.818. The number of hydrogen-bond acceptors (Lipinski definition) is 3. The number of aliphatic imine (C=N–C) groups is 1. The molecule has 5 nitrogen and oxygen atoms in total. The first-order valence-corrected chi connectivity index (χ1v) is 10.9. The summed E-state index contributed by atoms with van der Waals surface area (Å²) in [4.78, 5) is 3.71. The topological polar surface area (TPSA) is 70.6 Å². The van der Waals surface area contributed by atoms with Gasteiger partial charge < -0.3 is 5.32 Å². The molecule has 1 heterocycles. The van der Waals surface area contributed by atoms with E-state index in [9.17, 15) is 21.6 Å². The van der Waals surface area contributed by atoms with Gasteiger partial charge in [0.15, 0.2) is 11.6 Å². The third-order valence-electron chi connectivity index (χ3n) is 4.70. The summed E-state index contributed by atoms with van der Waals surface area (Å²) in [6.07, 6.45) is -0.140. The van der Waals surface area contributed by atoms with Crippen molar-refractivity contribution in [2.24, 2.45) is 4.99 Å². The number of hydrogen-bond donors (Lipinski definition) is 2. The molecule has 0 atom stereocenters. The number of rotatable bonds is 4. The molecular weight excluding hydrogens is 451 g/mol. The van der Waals surface area contributed by atoms with E-state index in [1.165, 1.54) is 24.3 Å². The number of halogens is 4. The molecule has 3 aromatic rings. The Labute approximate surface area is 181 Å². The zero-order chi connectivity index (χ0) is 22.2. The highest BCUT2D eigenvalue weighted by molar-refractivity contribution is 7.90. The van der Waals surface area contributed by atoms with E-state index in [2.05, 4.69) is 15.0 Å². The van der Waals surface area contributed by atoms with Gasteiger partial charge in [-0.05, 0) is 35.4 Å². The molecule has 3 aromatic carbocycles. The summed E-state index contributed by atoms with van der Waals surface area (Å²) in [5.74, 6) is -3.05. The summed E-state index contributed by atoms with van der Waals surface area (Å²) in [7, 11) is -4.21. The van der Waals surface area contributed by atoms with Crippen molar-refractivity contribution in [1.82, 2.24) is 4.72 Å². The molecule has 0 unspecified atom stereocenters. The van der Waals surface area contributed by atoms with Gasteiger partial charge in [0.05, 0.1) is 12.2 Å². The fourth-order valence-electron chi connectivity index (χ4n) is 3.16. The normalized spacial score (nSPS) is 15.8. The van der Waals surface area contributed by atoms with Crippen LogP contribution in [0.4, 0.5) is 18.9 Å². The molecule has 0 fully saturated rings. The van der Waals surface area contributed by atoms with Crippen LogP contribution in [-0.4, -0.2) is 14.4 Å². The van der Waals surface area contributed by atoms with E-state index in [-0.39, 0.29) is 30.2 Å². The second-order valence-corrected chi connectivity index (χ2v) is 8.87. The first kappa shape index (κ1) is 21.2. The molecule has 2 N–H and O–H groups in total. The van der Waals surface area contributed by atoms with Gasteiger partial charge in [-0.3, -0.25) is 0 Å². The van der Waals surface area contributed by atoms with Crippen LogP contribution in [0.25, 0.3) is 0 Å². The summed E-state index contributed by atoms with van der Waals surface area (Å²) < 4.78 is 69.6. The van der Waals surface area contributed by atoms with Gasteiger partial charge in [0, 0.05) is 17.0 Å². The molecule has 4 rings (SSSR count). The molecular formula is C21H15ClF3N3O2S. The minimum absolute atomic E-state index is 0.0317. The summed E-state index contributed by atoms with van der Waals surface area (Å²) in [5, 5.41) is 3.08. The smallest absolute Gasteiger partial charge is 0.266 e. The van der Waals surface area contributed by atoms with E-state index in [0.717, 1.165) is 0 Å². The number of anilines is 1. The van der Waals surface area contributed by atoms with Crippen LogP contribution in [-0.2, 0) is 23.0 Å². The molecule has 160 valence electrons. The average molecular weight is 466 g/mol. The van der Waals surface area contributed by atoms with Gasteiger partial charge in [-0.25, -0.2) is 31.3 Å². The lowest BCUT2D eigenvalue weighted by Crippen LogP contribution is -2.41. The Morgan fingerprint density at radius 3 is 2.42 bits per heavy atom. The van der Waals surface area contributed by atoms with Gasteiger partial charge in [0.2, 0.25) is 5.96 Å². The standard InChI is InChI=1S/C21H15ClF3N3O2S/c22-16-4-2-1-3-13(16)9-15-19(25)17(24)10-18-20(15)27-21(28-31(18,29)30)26-11-12-5-7-14(23)8-6-12/h1-8,10H,9,11H2,(H2,26,27,28). The number of fused-ring (bicyclic) bond motifs is 1. The Hall–Kier alpha value is -3.04. The number of nitrogens with zero attached hydrogens (tertiary/aromatic N) is 1. The van der Waals surface area contributed by atoms with Crippen LogP contribution in [0.15, 0.2) is 64.5 Å². The van der Waals surface area contributed by atoms with Crippen molar-refractivity contribution in [2.75, 3.05) is 5.32 Å². The predicted octanol–water partition coefficient (Wildman–Crippen LogP) is 4.61. The fraction of sp³-hybridized carbons (Fsp3) is 0.0952. The molecule has 1 aliphatic heterocycles. The second kappa shape index (κ2) is 8.24. The molecule has 31 heavy (non-hydrogen) atoms. The van der Waals surface area contributed by atoms with Crippen LogP contribution in [0.3, 0.4) is 0 Å². The molecule has 0 spiro atoms. The second-order valence-electron chi connectivity index (χ2n) is 6.81. The van der Waals surface area contributed by atoms with E-state index in [0.29, 0.717) is 22.2 Å². The lowest BCUT2D eigenvalue weighted by Gasteiger charge is -2.25. The highest BCUT2D eigenvalue weighted by Crippen LogP contribution is 2.34. The summed E-state index contributed by atoms with van der Waals surface area (Å²) in [6.45, 7) is 0.0317. The van der Waals surface area contributed by atoms with Crippen LogP contribution < -0.4 is 10.0 Å². The number of guanidine groups is 1. The monoisotopic (exact) mass is 465 g/mol. The zero-order valence-corrected chi connectivity index (χ0v) is 17.4. The predicted molar refractivity (Wildman–Crippen MR) is 112 cm³/mol. The van der Waals surface area contributed by atoms with E-state index in [4.69, 9.17) is 11.6 Å². The van der Waals surface area contributed by atoms with Crippen molar-refractivity contribution in [3.63, 3.8) is 0 Å². The van der Waals surface area contributed by atoms with Gasteiger partial charge in [0.25, 0.3) is 10.0 Å². The van der Waals surface area contributed by atoms with Crippen LogP contribution >= 0.6 is 11.6 Å². The van der Waals surface area contributed by atoms with Crippen molar-refractivity contribution in [3.8, 4) is 0 Å². The Morgan fingerprint density at radius 1 is 1.00 bits per heavy atom. The Balaban J connectivity index is 1.75. The number of benzene rings is 3. The number of sulfonamides is 1. The summed E-state index contributed by atoms with van der Waals surface area (Å²) >= 11 is 6.15. The first-order chi connectivity index (χ1) is 14.7. The Bertz CT molecular complexity index is 1300. The Kier molecular flexibility index (Phi) is 5.63. The van der Waals surface area contributed by atoms with Crippen molar-refractivity contribution < 1.29 is 21.6 Å². The molecule has 0 saturated heterocycles. The van der Waals surface area contributed by atoms with Crippen LogP contribution in [0.2, 0.25) is 5.02 Å². The van der Waals surface area contributed by atoms with Gasteiger partial charge in [0.1, 0.15) is 10.7 Å². The number of nitrogens with one attached hydrogen (secondary N) is 2. The van der Waals surface area contributed by atoms with Gasteiger partial charge in [-0.1, -0.05) is 41.9 Å². The Morgan fingerprint density at radius 2 is 1.71 bits per heavy atom. The average Bonchev–Trinajstić information content (AvgIpc) is 2.73. The summed E-state index contributed by atoms with van der Waals surface area (Å²) in [6, 6.07) is 12.7. The largest absolute Gasteiger partial charge is 0.324 e. The highest BCUT2D eigenvalue weighted by atomic mass is 35.5. The lowest BCUT2D eigenvalue weighted by molar-refractivity contribution is 0.497. The minimum Gasteiger partial charge on any atom is -0.324 e. The fourth-order valence-corrected chi connectivity index (χ4v) is 4.54. The first-order valence-electron chi connectivity index (χ1n) is 9.07. The maximum Gasteiger partial charge on any atom is 0.266 e. The van der Waals surface area contributed by atoms with Gasteiger partial charge in [-0.15, -0.1) is 0 Å². The molecule has 0 aromatic heterocycles. The van der Waals surface area contributed by atoms with E-state index in [1.54, 1.807) is 24.3 Å². The SMILES string of the molecule is O=S1(=O)NC(=NCc2ccc(F)cc2)Nc2c1cc(F)c(F)c2Cc1ccccc1Cl. The van der Waals surface area contributed by atoms with Crippen LogP contribution in [0.5, 0.6) is 0 Å². The highest BCUT2D eigenvalue weighted by Gasteiger charge is 2.32. The molecule has 0 amide bonds. The molecule has 10 heteroatoms. The quantitative estimate of drug-likeness (QED) is 0.591. The zero-order valence-electron chi connectivity index (χ0n) is 15.8. The van der Waals surface area contributed by atoms with Crippen molar-refractivity contribution in [3.05, 3.63) is 93.8 Å². The third kappa shape index (κ3) is 4.38. The van der Waals surface area contributed by atoms with Crippen LogP contribution in [0.1, 0.15) is 16.7 Å². The molecule has 0 aliphatic carbocycles. The molecule has 0 bridgehead atoms. The van der Waals surface area contributed by atoms with Crippen molar-refractivity contribution in [1.29, 1.82) is 0 Å². The third-order valence-corrected chi connectivity index (χ3v) is 6.43. The molecule has 1 aliphatic rings. The van der Waals surface area contributed by atoms with Crippen molar-refractivity contribution >= 4 is 33.3 Å². The van der Waals surface area contributed by atoms with E-state index >= 15 is 0 Å². The maximum atomic E-state index is 14.7. The molecule has 0 saturated carbocycles. The molecule has 0 radical (unpaired) electrons. The van der Waals surface area contributed by atoms with Gasteiger partial charge >= 0.3 is 0 Å². The minimum atomic E-state index is -4.21. The van der Waals surface area contributed by atoms with E-state index in [1.807, 2.05) is 0 Å².